The Bertz CT molecular complexity index is 486. The molecule has 0 unspecified atom stereocenters. The number of rotatable bonds is 3. The summed E-state index contributed by atoms with van der Waals surface area (Å²) in [5, 5.41) is 0. The van der Waals surface area contributed by atoms with Crippen LogP contribution in [0.3, 0.4) is 0 Å². The quantitative estimate of drug-likeness (QED) is 0.754. The minimum absolute atomic E-state index is 0.520. The van der Waals surface area contributed by atoms with Gasteiger partial charge in [0.05, 0.1) is 0 Å². The summed E-state index contributed by atoms with van der Waals surface area (Å²) in [6.45, 7) is 8.91. The summed E-state index contributed by atoms with van der Waals surface area (Å²) in [7, 11) is 0. The van der Waals surface area contributed by atoms with Crippen molar-refractivity contribution in [1.29, 1.82) is 0 Å². The summed E-state index contributed by atoms with van der Waals surface area (Å²) in [5.74, 6) is 1.04. The van der Waals surface area contributed by atoms with Crippen LogP contribution in [-0.4, -0.2) is 0 Å². The number of hydrogen-bond donors (Lipinski definition) is 0. The second-order valence-electron chi connectivity index (χ2n) is 5.46. The van der Waals surface area contributed by atoms with Crippen molar-refractivity contribution in [2.75, 3.05) is 0 Å². The number of aromatic nitrogens is 1. The number of nitrogens with one attached hydrogen (secondary N) is 1. The first-order valence-electron chi connectivity index (χ1n) is 6.70. The standard InChI is InChI=1S/C17H21N/c1-12(2)16-10-15(11-17(18-16)13(3)4)14-8-6-5-7-9-14/h5-13H,1-4H3/p+1. The lowest BCUT2D eigenvalue weighted by atomic mass is 9.98. The van der Waals surface area contributed by atoms with Crippen LogP contribution in [0.25, 0.3) is 11.1 Å². The van der Waals surface area contributed by atoms with Crippen LogP contribution in [-0.2, 0) is 0 Å². The lowest BCUT2D eigenvalue weighted by Gasteiger charge is -2.08. The highest BCUT2D eigenvalue weighted by molar-refractivity contribution is 5.63. The van der Waals surface area contributed by atoms with Gasteiger partial charge in [-0.25, -0.2) is 4.98 Å². The van der Waals surface area contributed by atoms with E-state index in [1.54, 1.807) is 0 Å². The Hall–Kier alpha value is -1.63. The highest BCUT2D eigenvalue weighted by Gasteiger charge is 2.15. The summed E-state index contributed by atoms with van der Waals surface area (Å²) in [4.78, 5) is 3.55. The van der Waals surface area contributed by atoms with E-state index in [1.165, 1.54) is 22.5 Å². The monoisotopic (exact) mass is 240 g/mol. The maximum absolute atomic E-state index is 3.55. The highest BCUT2D eigenvalue weighted by Crippen LogP contribution is 2.24. The van der Waals surface area contributed by atoms with Crippen molar-refractivity contribution in [3.05, 3.63) is 53.9 Å². The fraction of sp³-hybridized carbons (Fsp3) is 0.353. The molecule has 2 aromatic rings. The Morgan fingerprint density at radius 3 is 1.67 bits per heavy atom. The average Bonchev–Trinajstić information content (AvgIpc) is 2.39. The minimum atomic E-state index is 0.520. The lowest BCUT2D eigenvalue weighted by Crippen LogP contribution is -2.19. The van der Waals surface area contributed by atoms with Crippen LogP contribution in [0.1, 0.15) is 50.9 Å². The van der Waals surface area contributed by atoms with Crippen LogP contribution < -0.4 is 4.98 Å². The van der Waals surface area contributed by atoms with Gasteiger partial charge in [-0.05, 0) is 11.1 Å². The number of benzene rings is 1. The van der Waals surface area contributed by atoms with E-state index in [4.69, 9.17) is 0 Å². The fourth-order valence-corrected chi connectivity index (χ4v) is 2.03. The normalized spacial score (nSPS) is 11.2. The van der Waals surface area contributed by atoms with Crippen molar-refractivity contribution in [2.45, 2.75) is 39.5 Å². The van der Waals surface area contributed by atoms with Gasteiger partial charge in [0.25, 0.3) is 0 Å². The molecule has 0 saturated heterocycles. The van der Waals surface area contributed by atoms with Crippen molar-refractivity contribution < 1.29 is 4.98 Å². The van der Waals surface area contributed by atoms with Crippen molar-refractivity contribution in [1.82, 2.24) is 0 Å². The molecule has 0 radical (unpaired) electrons. The van der Waals surface area contributed by atoms with Crippen LogP contribution in [0.5, 0.6) is 0 Å². The molecule has 1 aromatic heterocycles. The molecule has 94 valence electrons. The second-order valence-corrected chi connectivity index (χ2v) is 5.46. The molecule has 1 N–H and O–H groups in total. The predicted molar refractivity (Wildman–Crippen MR) is 76.6 cm³/mol. The van der Waals surface area contributed by atoms with Gasteiger partial charge in [-0.2, -0.15) is 0 Å². The second kappa shape index (κ2) is 5.34. The van der Waals surface area contributed by atoms with Gasteiger partial charge in [0.1, 0.15) is 0 Å². The summed E-state index contributed by atoms with van der Waals surface area (Å²) in [5.41, 5.74) is 5.21. The Labute approximate surface area is 110 Å². The first kappa shape index (κ1) is 12.8. The summed E-state index contributed by atoms with van der Waals surface area (Å²) >= 11 is 0. The third kappa shape index (κ3) is 2.79. The molecule has 0 saturated carbocycles. The molecule has 18 heavy (non-hydrogen) atoms. The van der Waals surface area contributed by atoms with Gasteiger partial charge in [-0.1, -0.05) is 58.0 Å². The first-order chi connectivity index (χ1) is 8.58. The SMILES string of the molecule is CC(C)c1cc(-c2ccccc2)cc(C(C)C)[nH+]1. The summed E-state index contributed by atoms with van der Waals surface area (Å²) < 4.78 is 0. The Balaban J connectivity index is 2.54. The zero-order chi connectivity index (χ0) is 13.1. The highest BCUT2D eigenvalue weighted by atomic mass is 14.7. The molecule has 0 aliphatic heterocycles. The molecule has 0 atom stereocenters. The number of aromatic amines is 1. The van der Waals surface area contributed by atoms with Gasteiger partial charge in [0, 0.05) is 24.0 Å². The molecule has 1 heteroatoms. The van der Waals surface area contributed by atoms with Gasteiger partial charge >= 0.3 is 0 Å². The van der Waals surface area contributed by atoms with Crippen LogP contribution >= 0.6 is 0 Å². The van der Waals surface area contributed by atoms with Gasteiger partial charge in [0.15, 0.2) is 11.4 Å². The fourth-order valence-electron chi connectivity index (χ4n) is 2.03. The molecule has 0 bridgehead atoms. The van der Waals surface area contributed by atoms with E-state index in [1.807, 2.05) is 0 Å². The number of pyridine rings is 1. The third-order valence-corrected chi connectivity index (χ3v) is 3.26. The molecule has 0 aliphatic carbocycles. The largest absolute Gasteiger partial charge is 0.212 e. The zero-order valence-corrected chi connectivity index (χ0v) is 11.7. The van der Waals surface area contributed by atoms with Crippen LogP contribution in [0.15, 0.2) is 42.5 Å². The molecule has 1 aromatic carbocycles. The van der Waals surface area contributed by atoms with Crippen molar-refractivity contribution in [3.63, 3.8) is 0 Å². The minimum Gasteiger partial charge on any atom is -0.212 e. The van der Waals surface area contributed by atoms with E-state index in [-0.39, 0.29) is 0 Å². The Morgan fingerprint density at radius 1 is 0.722 bits per heavy atom. The molecule has 0 amide bonds. The van der Waals surface area contributed by atoms with Crippen LogP contribution in [0.4, 0.5) is 0 Å². The van der Waals surface area contributed by atoms with E-state index in [9.17, 15) is 0 Å². The first-order valence-corrected chi connectivity index (χ1v) is 6.70. The van der Waals surface area contributed by atoms with Crippen LogP contribution in [0, 0.1) is 0 Å². The molecular formula is C17H22N+. The maximum atomic E-state index is 3.55. The average molecular weight is 240 g/mol. The summed E-state index contributed by atoms with van der Waals surface area (Å²) in [6.07, 6.45) is 0. The topological polar surface area (TPSA) is 14.1 Å². The van der Waals surface area contributed by atoms with Gasteiger partial charge in [0.2, 0.25) is 0 Å². The van der Waals surface area contributed by atoms with Crippen molar-refractivity contribution in [3.8, 4) is 11.1 Å². The van der Waals surface area contributed by atoms with Gasteiger partial charge in [-0.15, -0.1) is 0 Å². The van der Waals surface area contributed by atoms with Crippen LogP contribution in [0.2, 0.25) is 0 Å². The van der Waals surface area contributed by atoms with Crippen molar-refractivity contribution >= 4 is 0 Å². The maximum Gasteiger partial charge on any atom is 0.182 e. The van der Waals surface area contributed by atoms with E-state index in [0.29, 0.717) is 11.8 Å². The van der Waals surface area contributed by atoms with Gasteiger partial charge < -0.3 is 0 Å². The Kier molecular flexibility index (Phi) is 3.81. The molecule has 1 heterocycles. The molecule has 0 fully saturated rings. The van der Waals surface area contributed by atoms with E-state index in [2.05, 4.69) is 75.1 Å². The Morgan fingerprint density at radius 2 is 1.22 bits per heavy atom. The molecule has 0 aliphatic rings. The molecule has 1 nitrogen and oxygen atoms in total. The lowest BCUT2D eigenvalue weighted by molar-refractivity contribution is -0.405. The third-order valence-electron chi connectivity index (χ3n) is 3.26. The number of hydrogen-bond acceptors (Lipinski definition) is 0. The molecular weight excluding hydrogens is 218 g/mol. The zero-order valence-electron chi connectivity index (χ0n) is 11.7. The molecule has 0 spiro atoms. The summed E-state index contributed by atoms with van der Waals surface area (Å²) in [6, 6.07) is 15.1. The molecule has 2 rings (SSSR count). The van der Waals surface area contributed by atoms with E-state index >= 15 is 0 Å². The van der Waals surface area contributed by atoms with Crippen molar-refractivity contribution in [2.24, 2.45) is 0 Å². The van der Waals surface area contributed by atoms with Gasteiger partial charge in [-0.3, -0.25) is 0 Å². The number of H-pyrrole nitrogens is 1. The predicted octanol–water partition coefficient (Wildman–Crippen LogP) is 4.41. The van der Waals surface area contributed by atoms with E-state index < -0.39 is 0 Å². The van der Waals surface area contributed by atoms with E-state index in [0.717, 1.165) is 0 Å². The smallest absolute Gasteiger partial charge is 0.182 e.